The first-order chi connectivity index (χ1) is 20.5. The van der Waals surface area contributed by atoms with E-state index in [0.29, 0.717) is 53.4 Å². The summed E-state index contributed by atoms with van der Waals surface area (Å²) in [7, 11) is 1.60. The number of methoxy groups -OCH3 is 1. The number of carbonyl (C=O) groups is 1. The van der Waals surface area contributed by atoms with Gasteiger partial charge in [-0.2, -0.15) is 0 Å². The minimum Gasteiger partial charge on any atom is -0.492 e. The van der Waals surface area contributed by atoms with Gasteiger partial charge in [0.2, 0.25) is 11.8 Å². The molecule has 10 heteroatoms. The van der Waals surface area contributed by atoms with Gasteiger partial charge in [-0.15, -0.1) is 0 Å². The summed E-state index contributed by atoms with van der Waals surface area (Å²) in [6.07, 6.45) is 3.17. The quantitative estimate of drug-likeness (QED) is 0.240. The summed E-state index contributed by atoms with van der Waals surface area (Å²) in [5, 5.41) is 10.8. The number of ether oxygens (including phenoxy) is 2. The zero-order chi connectivity index (χ0) is 29.1. The maximum atomic E-state index is 11.5. The van der Waals surface area contributed by atoms with E-state index in [0.717, 1.165) is 58.6 Å². The van der Waals surface area contributed by atoms with Gasteiger partial charge in [-0.1, -0.05) is 59.6 Å². The minimum absolute atomic E-state index is 0.107. The van der Waals surface area contributed by atoms with Gasteiger partial charge in [-0.05, 0) is 24.6 Å². The van der Waals surface area contributed by atoms with E-state index in [-0.39, 0.29) is 11.9 Å². The van der Waals surface area contributed by atoms with Gasteiger partial charge < -0.3 is 25.4 Å². The molecule has 0 spiro atoms. The van der Waals surface area contributed by atoms with Crippen LogP contribution in [-0.4, -0.2) is 48.7 Å². The molecule has 4 heterocycles. The lowest BCUT2D eigenvalue weighted by atomic mass is 9.99. The number of fused-ring (bicyclic) bond motifs is 1. The van der Waals surface area contributed by atoms with Crippen LogP contribution in [0.2, 0.25) is 10.0 Å². The van der Waals surface area contributed by atoms with Gasteiger partial charge in [-0.25, -0.2) is 4.98 Å². The van der Waals surface area contributed by atoms with Crippen molar-refractivity contribution >= 4 is 29.1 Å². The monoisotopic (exact) mass is 603 g/mol. The number of rotatable bonds is 8. The Kier molecular flexibility index (Phi) is 8.58. The van der Waals surface area contributed by atoms with Crippen molar-refractivity contribution in [3.05, 3.63) is 82.0 Å². The molecule has 8 nitrogen and oxygen atoms in total. The second-order valence-corrected chi connectivity index (χ2v) is 11.1. The molecule has 1 atom stereocenters. The predicted octanol–water partition coefficient (Wildman–Crippen LogP) is 5.64. The van der Waals surface area contributed by atoms with Gasteiger partial charge in [0, 0.05) is 78.2 Å². The summed E-state index contributed by atoms with van der Waals surface area (Å²) in [5.74, 6) is 1.46. The Hall–Kier alpha value is -3.69. The van der Waals surface area contributed by atoms with Crippen molar-refractivity contribution in [3.8, 4) is 45.3 Å². The van der Waals surface area contributed by atoms with E-state index in [1.807, 2.05) is 54.6 Å². The summed E-state index contributed by atoms with van der Waals surface area (Å²) in [6, 6.07) is 17.8. The minimum atomic E-state index is 0.107. The highest BCUT2D eigenvalue weighted by atomic mass is 35.5. The summed E-state index contributed by atoms with van der Waals surface area (Å²) >= 11 is 14.0. The summed E-state index contributed by atoms with van der Waals surface area (Å²) in [6.45, 7) is 3.42. The number of aromatic nitrogens is 2. The topological polar surface area (TPSA) is 97.4 Å². The highest BCUT2D eigenvalue weighted by Gasteiger charge is 2.21. The molecular formula is C32H31Cl2N5O3. The first-order valence-corrected chi connectivity index (χ1v) is 14.7. The van der Waals surface area contributed by atoms with Crippen LogP contribution in [0.4, 0.5) is 0 Å². The van der Waals surface area contributed by atoms with Crippen molar-refractivity contribution in [2.45, 2.75) is 32.0 Å². The van der Waals surface area contributed by atoms with Crippen LogP contribution in [0.25, 0.3) is 33.6 Å². The fourth-order valence-corrected chi connectivity index (χ4v) is 6.02. The number of nitrogens with one attached hydrogen (secondary N) is 3. The SMILES string of the molecule is COc1nc(-c2cccc(-c3ccnc(-c4ccc5c(c4)OCCNC5)c3Cl)c2Cl)ccc1CNC[C@H]1CCC(=O)N1. The van der Waals surface area contributed by atoms with E-state index < -0.39 is 0 Å². The van der Waals surface area contributed by atoms with E-state index in [1.54, 1.807) is 13.3 Å². The average Bonchev–Trinajstić information content (AvgIpc) is 3.27. The summed E-state index contributed by atoms with van der Waals surface area (Å²) in [5.41, 5.74) is 6.56. The normalized spacial score (nSPS) is 16.4. The Labute approximate surface area is 254 Å². The molecule has 2 aromatic carbocycles. The maximum Gasteiger partial charge on any atom is 0.220 e. The van der Waals surface area contributed by atoms with Crippen molar-refractivity contribution in [1.29, 1.82) is 0 Å². The first kappa shape index (κ1) is 28.4. The molecule has 6 rings (SSSR count). The molecule has 42 heavy (non-hydrogen) atoms. The lowest BCUT2D eigenvalue weighted by molar-refractivity contribution is -0.119. The Bertz CT molecular complexity index is 1630. The Morgan fingerprint density at radius 1 is 1.07 bits per heavy atom. The number of hydrogen-bond acceptors (Lipinski definition) is 7. The molecule has 216 valence electrons. The Morgan fingerprint density at radius 2 is 1.93 bits per heavy atom. The van der Waals surface area contributed by atoms with Crippen LogP contribution >= 0.6 is 23.2 Å². The van der Waals surface area contributed by atoms with Crippen LogP contribution in [0.15, 0.2) is 60.8 Å². The van der Waals surface area contributed by atoms with E-state index in [2.05, 4.69) is 20.9 Å². The van der Waals surface area contributed by atoms with Crippen LogP contribution in [-0.2, 0) is 17.9 Å². The van der Waals surface area contributed by atoms with Gasteiger partial charge >= 0.3 is 0 Å². The lowest BCUT2D eigenvalue weighted by Gasteiger charge is -2.16. The number of pyridine rings is 2. The standard InChI is InChI=1S/C32H31Cl2N5O3/c1-41-32-21(17-36-18-22-8-10-28(40)38-22)7-9-26(39-32)25-4-2-3-23(29(25)33)24-11-12-37-31(30(24)34)19-5-6-20-16-35-13-14-42-27(20)15-19/h2-7,9,11-12,15,22,35-36H,8,10,13-14,16-18H2,1H3,(H,38,40)/t22-/m1/s1. The average molecular weight is 605 g/mol. The van der Waals surface area contributed by atoms with Crippen molar-refractivity contribution in [2.75, 3.05) is 26.8 Å². The Balaban J connectivity index is 1.27. The molecule has 3 N–H and O–H groups in total. The van der Waals surface area contributed by atoms with Crippen molar-refractivity contribution in [3.63, 3.8) is 0 Å². The van der Waals surface area contributed by atoms with Gasteiger partial charge in [0.05, 0.1) is 28.5 Å². The molecular weight excluding hydrogens is 573 g/mol. The second kappa shape index (κ2) is 12.7. The zero-order valence-electron chi connectivity index (χ0n) is 23.2. The van der Waals surface area contributed by atoms with Gasteiger partial charge in [0.25, 0.3) is 0 Å². The molecule has 2 aromatic heterocycles. The highest BCUT2D eigenvalue weighted by Crippen LogP contribution is 2.42. The zero-order valence-corrected chi connectivity index (χ0v) is 24.7. The smallest absolute Gasteiger partial charge is 0.220 e. The Morgan fingerprint density at radius 3 is 2.76 bits per heavy atom. The maximum absolute atomic E-state index is 11.5. The molecule has 1 fully saturated rings. The van der Waals surface area contributed by atoms with Crippen LogP contribution < -0.4 is 25.4 Å². The first-order valence-electron chi connectivity index (χ1n) is 14.0. The third-order valence-corrected chi connectivity index (χ3v) is 8.36. The molecule has 2 aliphatic rings. The molecule has 0 unspecified atom stereocenters. The van der Waals surface area contributed by atoms with Crippen LogP contribution in [0.5, 0.6) is 11.6 Å². The number of carbonyl (C=O) groups excluding carboxylic acids is 1. The van der Waals surface area contributed by atoms with Gasteiger partial charge in [0.15, 0.2) is 0 Å². The number of nitrogens with zero attached hydrogens (tertiary/aromatic N) is 2. The lowest BCUT2D eigenvalue weighted by Crippen LogP contribution is -2.35. The molecule has 4 aromatic rings. The second-order valence-electron chi connectivity index (χ2n) is 10.3. The third-order valence-electron chi connectivity index (χ3n) is 7.57. The van der Waals surface area contributed by atoms with E-state index >= 15 is 0 Å². The van der Waals surface area contributed by atoms with Crippen molar-refractivity contribution < 1.29 is 14.3 Å². The molecule has 1 saturated heterocycles. The third kappa shape index (κ3) is 5.94. The summed E-state index contributed by atoms with van der Waals surface area (Å²) in [4.78, 5) is 20.8. The van der Waals surface area contributed by atoms with E-state index in [1.165, 1.54) is 0 Å². The number of hydrogen-bond donors (Lipinski definition) is 3. The summed E-state index contributed by atoms with van der Waals surface area (Å²) < 4.78 is 11.6. The van der Waals surface area contributed by atoms with Crippen molar-refractivity contribution in [1.82, 2.24) is 25.9 Å². The highest BCUT2D eigenvalue weighted by molar-refractivity contribution is 6.39. The largest absolute Gasteiger partial charge is 0.492 e. The van der Waals surface area contributed by atoms with Gasteiger partial charge in [0.1, 0.15) is 12.4 Å². The number of benzene rings is 2. The molecule has 0 aliphatic carbocycles. The molecule has 0 bridgehead atoms. The van der Waals surface area contributed by atoms with Crippen LogP contribution in [0.1, 0.15) is 24.0 Å². The van der Waals surface area contributed by atoms with Gasteiger partial charge in [-0.3, -0.25) is 9.78 Å². The number of halogens is 2. The molecule has 1 amide bonds. The molecule has 2 aliphatic heterocycles. The predicted molar refractivity (Wildman–Crippen MR) is 165 cm³/mol. The fourth-order valence-electron chi connectivity index (χ4n) is 5.37. The van der Waals surface area contributed by atoms with Crippen molar-refractivity contribution in [2.24, 2.45) is 0 Å². The van der Waals surface area contributed by atoms with E-state index in [4.69, 9.17) is 37.7 Å². The molecule has 0 saturated carbocycles. The fraction of sp³-hybridized carbons (Fsp3) is 0.281. The van der Waals surface area contributed by atoms with Crippen LogP contribution in [0.3, 0.4) is 0 Å². The molecule has 0 radical (unpaired) electrons. The van der Waals surface area contributed by atoms with Crippen LogP contribution in [0, 0.1) is 0 Å². The van der Waals surface area contributed by atoms with E-state index in [9.17, 15) is 4.79 Å². The number of amides is 1.